The molecule has 4 rings (SSSR count). The number of aromatic nitrogens is 1. The van der Waals surface area contributed by atoms with Crippen LogP contribution in [0.25, 0.3) is 0 Å². The molecule has 156 valence electrons. The van der Waals surface area contributed by atoms with E-state index in [1.165, 1.54) is 6.07 Å². The first kappa shape index (κ1) is 21.0. The molecule has 2 amide bonds. The van der Waals surface area contributed by atoms with E-state index in [1.54, 1.807) is 48.8 Å². The molecular weight excluding hydrogens is 437 g/mol. The average Bonchev–Trinajstić information content (AvgIpc) is 2.78. The van der Waals surface area contributed by atoms with E-state index in [0.29, 0.717) is 33.4 Å². The minimum atomic E-state index is -0.918. The monoisotopic (exact) mass is 453 g/mol. The van der Waals surface area contributed by atoms with Crippen molar-refractivity contribution in [3.63, 3.8) is 0 Å². The summed E-state index contributed by atoms with van der Waals surface area (Å²) in [6.07, 6.45) is 3.50. The lowest BCUT2D eigenvalue weighted by atomic mass is 9.86. The molecule has 0 aliphatic carbocycles. The van der Waals surface area contributed by atoms with Crippen molar-refractivity contribution in [2.24, 2.45) is 5.92 Å². The molecule has 0 bridgehead atoms. The van der Waals surface area contributed by atoms with Gasteiger partial charge in [-0.3, -0.25) is 19.4 Å². The number of nitrogens with zero attached hydrogens (tertiary/aromatic N) is 1. The number of pyridine rings is 1. The predicted octanol–water partition coefficient (Wildman–Crippen LogP) is 4.31. The van der Waals surface area contributed by atoms with E-state index in [-0.39, 0.29) is 18.1 Å². The molecule has 1 atom stereocenters. The van der Waals surface area contributed by atoms with Crippen molar-refractivity contribution in [3.05, 3.63) is 93.2 Å². The molecule has 0 saturated carbocycles. The van der Waals surface area contributed by atoms with Gasteiger partial charge in [0.2, 0.25) is 5.91 Å². The summed E-state index contributed by atoms with van der Waals surface area (Å²) in [4.78, 5) is 42.2. The molecule has 8 heteroatoms. The smallest absolute Gasteiger partial charge is 0.251 e. The molecule has 2 aromatic carbocycles. The molecule has 0 fully saturated rings. The van der Waals surface area contributed by atoms with Gasteiger partial charge in [0.05, 0.1) is 15.7 Å². The largest absolute Gasteiger partial charge is 0.348 e. The second-order valence-corrected chi connectivity index (χ2v) is 7.98. The number of Topliss-reactive ketones (excluding diaryl/α,β-unsaturated/α-hetero) is 1. The quantitative estimate of drug-likeness (QED) is 0.563. The van der Waals surface area contributed by atoms with Crippen LogP contribution in [0.4, 0.5) is 5.69 Å². The first-order chi connectivity index (χ1) is 14.9. The van der Waals surface area contributed by atoms with Crippen LogP contribution in [0, 0.1) is 5.92 Å². The van der Waals surface area contributed by atoms with E-state index in [4.69, 9.17) is 23.2 Å². The van der Waals surface area contributed by atoms with Crippen molar-refractivity contribution in [2.75, 3.05) is 5.32 Å². The Balaban J connectivity index is 1.53. The first-order valence-electron chi connectivity index (χ1n) is 9.52. The number of amides is 2. The number of carbonyl (C=O) groups is 3. The Labute approximate surface area is 188 Å². The number of rotatable bonds is 5. The fourth-order valence-corrected chi connectivity index (χ4v) is 3.72. The summed E-state index contributed by atoms with van der Waals surface area (Å²) < 4.78 is 0. The summed E-state index contributed by atoms with van der Waals surface area (Å²) in [6, 6.07) is 13.3. The molecule has 0 spiro atoms. The van der Waals surface area contributed by atoms with Gasteiger partial charge in [-0.2, -0.15) is 0 Å². The van der Waals surface area contributed by atoms with Gasteiger partial charge in [-0.15, -0.1) is 0 Å². The maximum atomic E-state index is 13.1. The van der Waals surface area contributed by atoms with Crippen LogP contribution < -0.4 is 10.6 Å². The van der Waals surface area contributed by atoms with E-state index in [0.717, 1.165) is 11.1 Å². The molecule has 2 heterocycles. The lowest BCUT2D eigenvalue weighted by Crippen LogP contribution is -2.37. The third-order valence-electron chi connectivity index (χ3n) is 5.04. The Kier molecular flexibility index (Phi) is 6.02. The van der Waals surface area contributed by atoms with Gasteiger partial charge in [0.15, 0.2) is 5.78 Å². The fraction of sp³-hybridized carbons (Fsp3) is 0.130. The van der Waals surface area contributed by atoms with Crippen LogP contribution in [-0.2, 0) is 17.8 Å². The van der Waals surface area contributed by atoms with Crippen LogP contribution in [0.3, 0.4) is 0 Å². The van der Waals surface area contributed by atoms with E-state index < -0.39 is 11.8 Å². The number of hydrogen-bond donors (Lipinski definition) is 2. The molecular formula is C23H17Cl2N3O3. The summed E-state index contributed by atoms with van der Waals surface area (Å²) in [5, 5.41) is 6.31. The average molecular weight is 454 g/mol. The number of fused-ring (bicyclic) bond motifs is 1. The molecule has 1 aliphatic rings. The Morgan fingerprint density at radius 1 is 1.03 bits per heavy atom. The fourth-order valence-electron chi connectivity index (χ4n) is 3.40. The molecule has 0 saturated heterocycles. The lowest BCUT2D eigenvalue weighted by molar-refractivity contribution is -0.118. The number of ketones is 1. The van der Waals surface area contributed by atoms with Crippen molar-refractivity contribution < 1.29 is 14.4 Å². The summed E-state index contributed by atoms with van der Waals surface area (Å²) >= 11 is 12.0. The standard InChI is InChI=1S/C23H17Cl2N3O3/c24-18-5-3-13(9-19(18)25)8-17-21(29)16-10-15(4-6-20(16)28-23(17)31)22(30)27-12-14-2-1-7-26-11-14/h1-7,9-11,17H,8,12H2,(H,27,30)(H,28,31). The number of halogens is 2. The number of anilines is 1. The third-order valence-corrected chi connectivity index (χ3v) is 5.78. The van der Waals surface area contributed by atoms with Gasteiger partial charge in [-0.05, 0) is 53.9 Å². The molecule has 31 heavy (non-hydrogen) atoms. The van der Waals surface area contributed by atoms with E-state index in [2.05, 4.69) is 15.6 Å². The second-order valence-electron chi connectivity index (χ2n) is 7.16. The second kappa shape index (κ2) is 8.88. The topological polar surface area (TPSA) is 88.2 Å². The van der Waals surface area contributed by atoms with Gasteiger partial charge in [0.25, 0.3) is 5.91 Å². The molecule has 0 radical (unpaired) electrons. The zero-order valence-electron chi connectivity index (χ0n) is 16.2. The van der Waals surface area contributed by atoms with Crippen LogP contribution in [-0.4, -0.2) is 22.6 Å². The maximum Gasteiger partial charge on any atom is 0.251 e. The van der Waals surface area contributed by atoms with Gasteiger partial charge in [0, 0.05) is 30.1 Å². The van der Waals surface area contributed by atoms with Crippen molar-refractivity contribution >= 4 is 46.5 Å². The highest BCUT2D eigenvalue weighted by Crippen LogP contribution is 2.30. The highest BCUT2D eigenvalue weighted by atomic mass is 35.5. The van der Waals surface area contributed by atoms with Gasteiger partial charge in [-0.1, -0.05) is 35.3 Å². The molecule has 3 aromatic rings. The van der Waals surface area contributed by atoms with Gasteiger partial charge >= 0.3 is 0 Å². The highest BCUT2D eigenvalue weighted by molar-refractivity contribution is 6.42. The minimum absolute atomic E-state index is 0.179. The van der Waals surface area contributed by atoms with Crippen LogP contribution >= 0.6 is 23.2 Å². The van der Waals surface area contributed by atoms with Gasteiger partial charge in [0.1, 0.15) is 5.92 Å². The lowest BCUT2D eigenvalue weighted by Gasteiger charge is -2.24. The summed E-state index contributed by atoms with van der Waals surface area (Å²) in [5.41, 5.74) is 2.61. The third kappa shape index (κ3) is 4.60. The van der Waals surface area contributed by atoms with Crippen LogP contribution in [0.5, 0.6) is 0 Å². The Bertz CT molecular complexity index is 1180. The van der Waals surface area contributed by atoms with Gasteiger partial charge < -0.3 is 10.6 Å². The normalized spacial score (nSPS) is 15.2. The zero-order valence-corrected chi connectivity index (χ0v) is 17.7. The van der Waals surface area contributed by atoms with Crippen molar-refractivity contribution in [1.29, 1.82) is 0 Å². The molecule has 6 nitrogen and oxygen atoms in total. The predicted molar refractivity (Wildman–Crippen MR) is 118 cm³/mol. The number of carbonyl (C=O) groups excluding carboxylic acids is 3. The van der Waals surface area contributed by atoms with Crippen molar-refractivity contribution in [1.82, 2.24) is 10.3 Å². The minimum Gasteiger partial charge on any atom is -0.348 e. The summed E-state index contributed by atoms with van der Waals surface area (Å²) in [7, 11) is 0. The van der Waals surface area contributed by atoms with Gasteiger partial charge in [-0.25, -0.2) is 0 Å². The van der Waals surface area contributed by atoms with E-state index in [1.807, 2.05) is 6.07 Å². The number of hydrogen-bond acceptors (Lipinski definition) is 4. The van der Waals surface area contributed by atoms with Crippen LogP contribution in [0.15, 0.2) is 60.9 Å². The molecule has 1 aliphatic heterocycles. The van der Waals surface area contributed by atoms with Crippen molar-refractivity contribution in [2.45, 2.75) is 13.0 Å². The number of benzene rings is 2. The van der Waals surface area contributed by atoms with Crippen LogP contribution in [0.1, 0.15) is 31.8 Å². The maximum absolute atomic E-state index is 13.1. The van der Waals surface area contributed by atoms with E-state index >= 15 is 0 Å². The zero-order chi connectivity index (χ0) is 22.0. The summed E-state index contributed by atoms with van der Waals surface area (Å²) in [6.45, 7) is 0.314. The Morgan fingerprint density at radius 2 is 1.87 bits per heavy atom. The van der Waals surface area contributed by atoms with Crippen LogP contribution in [0.2, 0.25) is 10.0 Å². The molecule has 1 aromatic heterocycles. The highest BCUT2D eigenvalue weighted by Gasteiger charge is 2.34. The molecule has 1 unspecified atom stereocenters. The summed E-state index contributed by atoms with van der Waals surface area (Å²) in [5.74, 6) is -1.97. The molecule has 2 N–H and O–H groups in total. The Morgan fingerprint density at radius 3 is 2.61 bits per heavy atom. The van der Waals surface area contributed by atoms with E-state index in [9.17, 15) is 14.4 Å². The number of nitrogens with one attached hydrogen (secondary N) is 2. The first-order valence-corrected chi connectivity index (χ1v) is 10.3. The van der Waals surface area contributed by atoms with Crippen molar-refractivity contribution in [3.8, 4) is 0 Å². The SMILES string of the molecule is O=C(NCc1cccnc1)c1ccc2c(c1)C(=O)C(Cc1ccc(Cl)c(Cl)c1)C(=O)N2. The Hall–Kier alpha value is -3.22.